The summed E-state index contributed by atoms with van der Waals surface area (Å²) in [6.45, 7) is 6.77. The third kappa shape index (κ3) is 5.60. The standard InChI is InChI=1S/C7H5O2.3C4H9.Sn/c8-7(9)6-4-2-1-3-5-6;3*1-3-4-2;/h1-2,4-5H,(H,8,9);3*1,3-4H2,2H3;/p-1. The average Bonchev–Trinajstić information content (AvgIpc) is 2.54. The molecule has 124 valence electrons. The summed E-state index contributed by atoms with van der Waals surface area (Å²) < 4.78 is 5.50. The third-order valence-corrected chi connectivity index (χ3v) is 20.3. The van der Waals surface area contributed by atoms with Gasteiger partial charge in [0.2, 0.25) is 0 Å². The van der Waals surface area contributed by atoms with Crippen molar-refractivity contribution in [2.75, 3.05) is 0 Å². The van der Waals surface area contributed by atoms with E-state index in [-0.39, 0.29) is 0 Å². The number of benzene rings is 1. The van der Waals surface area contributed by atoms with E-state index >= 15 is 0 Å². The van der Waals surface area contributed by atoms with Crippen LogP contribution in [0.3, 0.4) is 0 Å². The van der Waals surface area contributed by atoms with Crippen molar-refractivity contribution in [2.24, 2.45) is 0 Å². The monoisotopic (exact) mass is 411 g/mol. The van der Waals surface area contributed by atoms with Crippen LogP contribution >= 0.6 is 0 Å². The topological polar surface area (TPSA) is 40.1 Å². The second-order valence-electron chi connectivity index (χ2n) is 6.46. The van der Waals surface area contributed by atoms with Gasteiger partial charge < -0.3 is 0 Å². The summed E-state index contributed by atoms with van der Waals surface area (Å²) in [5.41, 5.74) is 0.364. The maximum absolute atomic E-state index is 11.2. The van der Waals surface area contributed by atoms with E-state index in [0.717, 1.165) is 0 Å². The van der Waals surface area contributed by atoms with Gasteiger partial charge in [-0.05, 0) is 0 Å². The van der Waals surface area contributed by atoms with Crippen molar-refractivity contribution in [2.45, 2.75) is 72.6 Å². The van der Waals surface area contributed by atoms with Gasteiger partial charge in [0.15, 0.2) is 0 Å². The van der Waals surface area contributed by atoms with Crippen LogP contribution in [0.5, 0.6) is 0 Å². The summed E-state index contributed by atoms with van der Waals surface area (Å²) in [6, 6.07) is 7.76. The van der Waals surface area contributed by atoms with Gasteiger partial charge in [-0.25, -0.2) is 0 Å². The number of hydrogen-bond acceptors (Lipinski definition) is 2. The van der Waals surface area contributed by atoms with Crippen LogP contribution in [0.1, 0.15) is 69.7 Å². The quantitative estimate of drug-likeness (QED) is 0.516. The summed E-state index contributed by atoms with van der Waals surface area (Å²) in [5.74, 6) is -1.04. The molecule has 0 aromatic heterocycles. The van der Waals surface area contributed by atoms with Crippen LogP contribution in [0.25, 0.3) is 0 Å². The van der Waals surface area contributed by atoms with Crippen molar-refractivity contribution in [3.8, 4) is 0 Å². The number of carboxylic acids is 1. The molecule has 1 rings (SSSR count). The molecule has 3 heteroatoms. The molecule has 0 aliphatic rings. The molecule has 0 amide bonds. The molecule has 0 aliphatic carbocycles. The Morgan fingerprint density at radius 1 is 0.955 bits per heavy atom. The Balaban J connectivity index is 3.18. The molecule has 0 saturated heterocycles. The zero-order chi connectivity index (χ0) is 16.4. The molecular formula is C19H31O2Sn-. The molecule has 0 unspecified atom stereocenters. The van der Waals surface area contributed by atoms with Gasteiger partial charge in [0.05, 0.1) is 0 Å². The average molecular weight is 410 g/mol. The molecule has 2 nitrogen and oxygen atoms in total. The maximum atomic E-state index is 11.2. The van der Waals surface area contributed by atoms with E-state index in [4.69, 9.17) is 0 Å². The van der Waals surface area contributed by atoms with Crippen molar-refractivity contribution >= 4 is 27.9 Å². The van der Waals surface area contributed by atoms with E-state index in [0.29, 0.717) is 5.56 Å². The normalized spacial score (nSPS) is 11.6. The van der Waals surface area contributed by atoms with Gasteiger partial charge in [0, 0.05) is 0 Å². The predicted molar refractivity (Wildman–Crippen MR) is 95.3 cm³/mol. The third-order valence-electron chi connectivity index (χ3n) is 4.74. The first-order chi connectivity index (χ1) is 10.6. The minimum atomic E-state index is -2.49. The number of carboxylic acid groups (broad SMARTS) is 1. The van der Waals surface area contributed by atoms with E-state index in [2.05, 4.69) is 26.8 Å². The van der Waals surface area contributed by atoms with Crippen LogP contribution < -0.4 is 8.69 Å². The van der Waals surface area contributed by atoms with E-state index in [1.807, 2.05) is 12.1 Å². The molecule has 0 spiro atoms. The Bertz CT molecular complexity index is 435. The summed E-state index contributed by atoms with van der Waals surface area (Å²) in [4.78, 5) is 11.2. The Labute approximate surface area is 140 Å². The molecule has 1 aromatic carbocycles. The van der Waals surface area contributed by atoms with Gasteiger partial charge in [-0.1, -0.05) is 0 Å². The van der Waals surface area contributed by atoms with Gasteiger partial charge in [0.25, 0.3) is 0 Å². The number of unbranched alkanes of at least 4 members (excludes halogenated alkanes) is 3. The predicted octanol–water partition coefficient (Wildman–Crippen LogP) is 4.11. The summed E-state index contributed by atoms with van der Waals surface area (Å²) >= 11 is -2.49. The SMILES string of the molecule is CCC[CH2][Sn]([CH2]CCC)([CH2]CCC)[c]1cccc(C(=O)[O-])c1. The van der Waals surface area contributed by atoms with E-state index in [9.17, 15) is 9.90 Å². The molecular weight excluding hydrogens is 379 g/mol. The molecule has 0 bridgehead atoms. The van der Waals surface area contributed by atoms with Gasteiger partial charge in [-0.3, -0.25) is 0 Å². The van der Waals surface area contributed by atoms with Gasteiger partial charge >= 0.3 is 140 Å². The second kappa shape index (κ2) is 10.3. The van der Waals surface area contributed by atoms with Crippen LogP contribution in [0, 0.1) is 0 Å². The van der Waals surface area contributed by atoms with Crippen molar-refractivity contribution in [3.63, 3.8) is 0 Å². The zero-order valence-electron chi connectivity index (χ0n) is 14.5. The van der Waals surface area contributed by atoms with Crippen LogP contribution in [-0.2, 0) is 0 Å². The fourth-order valence-electron chi connectivity index (χ4n) is 3.33. The van der Waals surface area contributed by atoms with E-state index in [1.54, 1.807) is 6.07 Å². The molecule has 0 atom stereocenters. The Hall–Kier alpha value is -0.511. The second-order valence-corrected chi connectivity index (χ2v) is 19.7. The fraction of sp³-hybridized carbons (Fsp3) is 0.632. The molecule has 0 N–H and O–H groups in total. The van der Waals surface area contributed by atoms with Crippen molar-refractivity contribution in [3.05, 3.63) is 29.8 Å². The number of carbonyl (C=O) groups is 1. The molecule has 1 aromatic rings. The zero-order valence-corrected chi connectivity index (χ0v) is 17.3. The van der Waals surface area contributed by atoms with Crippen LogP contribution in [-0.4, -0.2) is 24.3 Å². The molecule has 0 aliphatic heterocycles. The molecule has 0 saturated carbocycles. The number of aromatic carboxylic acids is 1. The number of rotatable bonds is 11. The van der Waals surface area contributed by atoms with Gasteiger partial charge in [0.1, 0.15) is 0 Å². The Morgan fingerprint density at radius 2 is 1.45 bits per heavy atom. The van der Waals surface area contributed by atoms with Gasteiger partial charge in [-0.15, -0.1) is 0 Å². The van der Waals surface area contributed by atoms with E-state index < -0.39 is 24.3 Å². The van der Waals surface area contributed by atoms with Crippen molar-refractivity contribution in [1.82, 2.24) is 0 Å². The molecule has 0 heterocycles. The number of carbonyl (C=O) groups excluding carboxylic acids is 1. The summed E-state index contributed by atoms with van der Waals surface area (Å²) in [6.07, 6.45) is 7.57. The van der Waals surface area contributed by atoms with E-state index in [1.165, 1.54) is 55.4 Å². The molecule has 22 heavy (non-hydrogen) atoms. The van der Waals surface area contributed by atoms with Crippen LogP contribution in [0.15, 0.2) is 24.3 Å². The first-order valence-electron chi connectivity index (χ1n) is 8.91. The van der Waals surface area contributed by atoms with Crippen LogP contribution in [0.4, 0.5) is 0 Å². The summed E-state index contributed by atoms with van der Waals surface area (Å²) in [5, 5.41) is 11.2. The Kier molecular flexibility index (Phi) is 9.14. The number of hydrogen-bond donors (Lipinski definition) is 0. The molecule has 0 radical (unpaired) electrons. The first-order valence-corrected chi connectivity index (χ1v) is 16.4. The Morgan fingerprint density at radius 3 is 1.86 bits per heavy atom. The van der Waals surface area contributed by atoms with Crippen LogP contribution in [0.2, 0.25) is 13.3 Å². The first kappa shape index (κ1) is 19.5. The minimum absolute atomic E-state index is 0.364. The van der Waals surface area contributed by atoms with Crippen molar-refractivity contribution < 1.29 is 9.90 Å². The summed E-state index contributed by atoms with van der Waals surface area (Å²) in [7, 11) is 0. The fourth-order valence-corrected chi connectivity index (χ4v) is 19.4. The van der Waals surface area contributed by atoms with Crippen molar-refractivity contribution in [1.29, 1.82) is 0 Å². The van der Waals surface area contributed by atoms with Gasteiger partial charge in [-0.2, -0.15) is 0 Å². The molecule has 0 fully saturated rings.